The summed E-state index contributed by atoms with van der Waals surface area (Å²) >= 11 is 0. The number of carboxylic acids is 1. The van der Waals surface area contributed by atoms with E-state index in [2.05, 4.69) is 45.5 Å². The fourth-order valence-corrected chi connectivity index (χ4v) is 4.36. The van der Waals surface area contributed by atoms with Crippen molar-refractivity contribution in [1.82, 2.24) is 15.2 Å². The summed E-state index contributed by atoms with van der Waals surface area (Å²) in [5.74, 6) is -1.69. The number of carbonyl (C=O) groups excluding carboxylic acids is 1. The van der Waals surface area contributed by atoms with Gasteiger partial charge in [-0.25, -0.2) is 4.79 Å². The van der Waals surface area contributed by atoms with Crippen LogP contribution in [0.4, 0.5) is 13.2 Å². The fourth-order valence-electron chi connectivity index (χ4n) is 4.36. The number of hydrogen-bond acceptors (Lipinski definition) is 4. The SMILES string of the molecule is CC(C)(C)C(=O)N[C@@H]1c2ccccc2[C@@H]2CN(Cc3cccnc3)C[C@H]12.O=C(O)C(F)(F)F. The largest absolute Gasteiger partial charge is 0.490 e. The molecule has 1 aliphatic heterocycles. The van der Waals surface area contributed by atoms with E-state index in [0.29, 0.717) is 11.8 Å². The lowest BCUT2D eigenvalue weighted by atomic mass is 9.91. The van der Waals surface area contributed by atoms with Crippen LogP contribution in [0.5, 0.6) is 0 Å². The Hall–Kier alpha value is -2.94. The van der Waals surface area contributed by atoms with E-state index in [0.717, 1.165) is 19.6 Å². The molecule has 0 bridgehead atoms. The minimum absolute atomic E-state index is 0.113. The van der Waals surface area contributed by atoms with Crippen molar-refractivity contribution in [3.8, 4) is 0 Å². The number of aromatic nitrogens is 1. The van der Waals surface area contributed by atoms with E-state index >= 15 is 0 Å². The van der Waals surface area contributed by atoms with Crippen molar-refractivity contribution in [1.29, 1.82) is 0 Å². The maximum atomic E-state index is 12.7. The molecule has 178 valence electrons. The molecule has 2 aromatic rings. The normalized spacial score (nSPS) is 22.1. The van der Waals surface area contributed by atoms with Crippen LogP contribution in [0.25, 0.3) is 0 Å². The molecule has 1 aromatic carbocycles. The van der Waals surface area contributed by atoms with Crippen LogP contribution in [-0.4, -0.2) is 46.1 Å². The lowest BCUT2D eigenvalue weighted by Crippen LogP contribution is -2.40. The quantitative estimate of drug-likeness (QED) is 0.715. The lowest BCUT2D eigenvalue weighted by molar-refractivity contribution is -0.192. The van der Waals surface area contributed by atoms with Crippen molar-refractivity contribution in [3.05, 3.63) is 65.5 Å². The van der Waals surface area contributed by atoms with Gasteiger partial charge in [0.15, 0.2) is 0 Å². The molecule has 6 nitrogen and oxygen atoms in total. The Labute approximate surface area is 190 Å². The molecule has 1 fully saturated rings. The molecule has 3 atom stereocenters. The first kappa shape index (κ1) is 24.7. The Bertz CT molecular complexity index is 990. The molecular formula is C24H28F3N3O3. The van der Waals surface area contributed by atoms with Gasteiger partial charge in [0.25, 0.3) is 0 Å². The number of nitrogens with one attached hydrogen (secondary N) is 1. The van der Waals surface area contributed by atoms with Crippen LogP contribution in [0, 0.1) is 11.3 Å². The van der Waals surface area contributed by atoms with Gasteiger partial charge in [0.05, 0.1) is 6.04 Å². The molecular weight excluding hydrogens is 435 g/mol. The van der Waals surface area contributed by atoms with E-state index in [1.54, 1.807) is 0 Å². The molecule has 2 aliphatic rings. The molecule has 33 heavy (non-hydrogen) atoms. The van der Waals surface area contributed by atoms with Crippen LogP contribution in [-0.2, 0) is 16.1 Å². The molecule has 1 aromatic heterocycles. The first-order valence-corrected chi connectivity index (χ1v) is 10.7. The Balaban J connectivity index is 0.000000383. The zero-order valence-electron chi connectivity index (χ0n) is 18.8. The van der Waals surface area contributed by atoms with Crippen LogP contribution < -0.4 is 5.32 Å². The summed E-state index contributed by atoms with van der Waals surface area (Å²) in [7, 11) is 0. The second-order valence-corrected chi connectivity index (χ2v) is 9.46. The Morgan fingerprint density at radius 2 is 1.73 bits per heavy atom. The van der Waals surface area contributed by atoms with E-state index in [9.17, 15) is 18.0 Å². The van der Waals surface area contributed by atoms with Crippen molar-refractivity contribution in [2.75, 3.05) is 13.1 Å². The molecule has 4 rings (SSSR count). The topological polar surface area (TPSA) is 82.5 Å². The number of nitrogens with zero attached hydrogens (tertiary/aromatic N) is 2. The van der Waals surface area contributed by atoms with Crippen molar-refractivity contribution < 1.29 is 27.9 Å². The van der Waals surface area contributed by atoms with Gasteiger partial charge in [0, 0.05) is 49.3 Å². The lowest BCUT2D eigenvalue weighted by Gasteiger charge is -2.26. The molecule has 1 aliphatic carbocycles. The summed E-state index contributed by atoms with van der Waals surface area (Å²) in [5.41, 5.74) is 3.59. The third kappa shape index (κ3) is 5.90. The molecule has 0 unspecified atom stereocenters. The molecule has 1 amide bonds. The van der Waals surface area contributed by atoms with Gasteiger partial charge in [-0.2, -0.15) is 13.2 Å². The van der Waals surface area contributed by atoms with Gasteiger partial charge in [-0.15, -0.1) is 0 Å². The van der Waals surface area contributed by atoms with Gasteiger partial charge in [-0.3, -0.25) is 14.7 Å². The second-order valence-electron chi connectivity index (χ2n) is 9.46. The van der Waals surface area contributed by atoms with Gasteiger partial charge < -0.3 is 10.4 Å². The van der Waals surface area contributed by atoms with E-state index < -0.39 is 12.1 Å². The number of halogens is 3. The predicted molar refractivity (Wildman–Crippen MR) is 116 cm³/mol. The predicted octanol–water partition coefficient (Wildman–Crippen LogP) is 4.15. The Morgan fingerprint density at radius 1 is 1.09 bits per heavy atom. The third-order valence-electron chi connectivity index (χ3n) is 5.94. The second kappa shape index (κ2) is 9.51. The highest BCUT2D eigenvalue weighted by molar-refractivity contribution is 5.82. The van der Waals surface area contributed by atoms with E-state index in [4.69, 9.17) is 9.90 Å². The van der Waals surface area contributed by atoms with Crippen LogP contribution in [0.3, 0.4) is 0 Å². The third-order valence-corrected chi connectivity index (χ3v) is 5.94. The standard InChI is InChI=1S/C22H27N3O.C2HF3O2/c1-22(2,3)21(26)24-20-17-9-5-4-8-16(17)18-13-25(14-19(18)20)12-15-7-6-10-23-11-15;3-2(4,5)1(6)7/h4-11,18-20H,12-14H2,1-3H3,(H,24,26);(H,6,7)/t18-,19-,20+;/m0./s1. The van der Waals surface area contributed by atoms with Gasteiger partial charge in [-0.05, 0) is 22.8 Å². The van der Waals surface area contributed by atoms with Gasteiger partial charge in [0.1, 0.15) is 0 Å². The van der Waals surface area contributed by atoms with Gasteiger partial charge >= 0.3 is 12.1 Å². The van der Waals surface area contributed by atoms with Crippen molar-refractivity contribution in [3.63, 3.8) is 0 Å². The zero-order valence-corrected chi connectivity index (χ0v) is 18.8. The van der Waals surface area contributed by atoms with Crippen LogP contribution >= 0.6 is 0 Å². The molecule has 0 spiro atoms. The van der Waals surface area contributed by atoms with Crippen LogP contribution in [0.1, 0.15) is 49.4 Å². The number of fused-ring (bicyclic) bond motifs is 3. The summed E-state index contributed by atoms with van der Waals surface area (Å²) in [4.78, 5) is 28.3. The summed E-state index contributed by atoms with van der Waals surface area (Å²) < 4.78 is 31.7. The molecule has 0 saturated carbocycles. The maximum Gasteiger partial charge on any atom is 0.490 e. The van der Waals surface area contributed by atoms with Gasteiger partial charge in [-0.1, -0.05) is 51.1 Å². The molecule has 9 heteroatoms. The number of hydrogen-bond donors (Lipinski definition) is 2. The number of likely N-dealkylation sites (tertiary alicyclic amines) is 1. The minimum Gasteiger partial charge on any atom is -0.475 e. The summed E-state index contributed by atoms with van der Waals surface area (Å²) in [6, 6.07) is 12.9. The number of amides is 1. The Kier molecular flexibility index (Phi) is 7.11. The number of alkyl halides is 3. The Morgan fingerprint density at radius 3 is 2.27 bits per heavy atom. The average Bonchev–Trinajstić information content (AvgIpc) is 3.26. The van der Waals surface area contributed by atoms with E-state index in [-0.39, 0.29) is 17.4 Å². The highest BCUT2D eigenvalue weighted by Crippen LogP contribution is 2.49. The number of carboxylic acid groups (broad SMARTS) is 1. The minimum atomic E-state index is -5.08. The van der Waals surface area contributed by atoms with E-state index in [1.165, 1.54) is 16.7 Å². The zero-order chi connectivity index (χ0) is 24.4. The first-order chi connectivity index (χ1) is 15.4. The van der Waals surface area contributed by atoms with Crippen LogP contribution in [0.2, 0.25) is 0 Å². The smallest absolute Gasteiger partial charge is 0.475 e. The highest BCUT2D eigenvalue weighted by atomic mass is 19.4. The number of pyridine rings is 1. The monoisotopic (exact) mass is 463 g/mol. The highest BCUT2D eigenvalue weighted by Gasteiger charge is 2.47. The molecule has 0 radical (unpaired) electrons. The van der Waals surface area contributed by atoms with Crippen molar-refractivity contribution in [2.24, 2.45) is 11.3 Å². The van der Waals surface area contributed by atoms with Crippen molar-refractivity contribution in [2.45, 2.75) is 45.5 Å². The molecule has 2 N–H and O–H groups in total. The van der Waals surface area contributed by atoms with Gasteiger partial charge in [0.2, 0.25) is 5.91 Å². The number of aliphatic carboxylic acids is 1. The fraction of sp³-hybridized carbons (Fsp3) is 0.458. The van der Waals surface area contributed by atoms with Crippen molar-refractivity contribution >= 4 is 11.9 Å². The van der Waals surface area contributed by atoms with Crippen LogP contribution in [0.15, 0.2) is 48.8 Å². The number of carbonyl (C=O) groups is 2. The molecule has 1 saturated heterocycles. The maximum absolute atomic E-state index is 12.7. The summed E-state index contributed by atoms with van der Waals surface area (Å²) in [6.45, 7) is 8.89. The number of rotatable bonds is 3. The first-order valence-electron chi connectivity index (χ1n) is 10.7. The van der Waals surface area contributed by atoms with E-state index in [1.807, 2.05) is 39.2 Å². The molecule has 2 heterocycles. The summed E-state index contributed by atoms with van der Waals surface area (Å²) in [5, 5.41) is 10.5. The average molecular weight is 464 g/mol. The number of benzene rings is 1. The summed E-state index contributed by atoms with van der Waals surface area (Å²) in [6.07, 6.45) is -1.32.